The Morgan fingerprint density at radius 2 is 2.23 bits per heavy atom. The second kappa shape index (κ2) is 3.85. The molecule has 1 N–H and O–H groups in total. The lowest BCUT2D eigenvalue weighted by atomic mass is 10.1. The van der Waals surface area contributed by atoms with Crippen molar-refractivity contribution in [3.63, 3.8) is 0 Å². The Hall–Kier alpha value is -1.64. The van der Waals surface area contributed by atoms with Gasteiger partial charge in [0.25, 0.3) is 0 Å². The number of pyridine rings is 1. The van der Waals surface area contributed by atoms with E-state index in [2.05, 4.69) is 4.98 Å². The van der Waals surface area contributed by atoms with Gasteiger partial charge in [0, 0.05) is 12.3 Å². The minimum absolute atomic E-state index is 0.711. The molecule has 1 heterocycles. The summed E-state index contributed by atoms with van der Waals surface area (Å²) in [5.41, 5.74) is 2.84. The van der Waals surface area contributed by atoms with Crippen molar-refractivity contribution in [2.75, 3.05) is 0 Å². The van der Waals surface area contributed by atoms with Crippen LogP contribution in [0.2, 0.25) is 0 Å². The maximum Gasteiger partial charge on any atom is 0.328 e. The first-order valence-electron chi connectivity index (χ1n) is 3.94. The normalized spacial score (nSPS) is 10.6. The van der Waals surface area contributed by atoms with E-state index in [1.54, 1.807) is 6.20 Å². The van der Waals surface area contributed by atoms with Crippen LogP contribution in [0.25, 0.3) is 6.08 Å². The molecule has 0 unspecified atom stereocenters. The van der Waals surface area contributed by atoms with Crippen molar-refractivity contribution in [1.82, 2.24) is 4.98 Å². The number of hydrogen-bond acceptors (Lipinski definition) is 2. The molecule has 0 aliphatic carbocycles. The SMILES string of the molecule is Cc1ccnc(/C=C/C(=O)O)c1C. The second-order valence-electron chi connectivity index (χ2n) is 2.81. The Bertz CT molecular complexity index is 356. The van der Waals surface area contributed by atoms with Crippen molar-refractivity contribution >= 4 is 12.0 Å². The van der Waals surface area contributed by atoms with E-state index in [-0.39, 0.29) is 0 Å². The van der Waals surface area contributed by atoms with Gasteiger partial charge in [0.1, 0.15) is 0 Å². The molecule has 0 aliphatic heterocycles. The first-order valence-corrected chi connectivity index (χ1v) is 3.94. The molecule has 0 saturated heterocycles. The topological polar surface area (TPSA) is 50.2 Å². The van der Waals surface area contributed by atoms with Crippen molar-refractivity contribution in [1.29, 1.82) is 0 Å². The predicted octanol–water partition coefficient (Wildman–Crippen LogP) is 1.80. The fourth-order valence-electron chi connectivity index (χ4n) is 0.971. The highest BCUT2D eigenvalue weighted by molar-refractivity contribution is 5.85. The van der Waals surface area contributed by atoms with Gasteiger partial charge in [-0.1, -0.05) is 0 Å². The van der Waals surface area contributed by atoms with Crippen LogP contribution >= 0.6 is 0 Å². The molecule has 13 heavy (non-hydrogen) atoms. The molecule has 0 amide bonds. The number of carboxylic acids is 1. The van der Waals surface area contributed by atoms with Crippen LogP contribution in [-0.4, -0.2) is 16.1 Å². The van der Waals surface area contributed by atoms with Gasteiger partial charge < -0.3 is 5.11 Å². The van der Waals surface area contributed by atoms with Crippen LogP contribution < -0.4 is 0 Å². The number of hydrogen-bond donors (Lipinski definition) is 1. The number of aryl methyl sites for hydroxylation is 1. The quantitative estimate of drug-likeness (QED) is 0.701. The number of aliphatic carboxylic acids is 1. The van der Waals surface area contributed by atoms with Gasteiger partial charge in [-0.25, -0.2) is 4.79 Å². The van der Waals surface area contributed by atoms with Crippen molar-refractivity contribution in [3.05, 3.63) is 35.2 Å². The highest BCUT2D eigenvalue weighted by atomic mass is 16.4. The maximum atomic E-state index is 10.3. The van der Waals surface area contributed by atoms with E-state index in [0.717, 1.165) is 17.2 Å². The van der Waals surface area contributed by atoms with E-state index in [1.807, 2.05) is 19.9 Å². The number of rotatable bonds is 2. The summed E-state index contributed by atoms with van der Waals surface area (Å²) in [4.78, 5) is 14.3. The lowest BCUT2D eigenvalue weighted by Gasteiger charge is -2.01. The van der Waals surface area contributed by atoms with Crippen molar-refractivity contribution in [2.45, 2.75) is 13.8 Å². The third kappa shape index (κ3) is 2.40. The zero-order valence-electron chi connectivity index (χ0n) is 7.61. The third-order valence-electron chi connectivity index (χ3n) is 1.90. The minimum Gasteiger partial charge on any atom is -0.478 e. The Kier molecular flexibility index (Phi) is 2.80. The lowest BCUT2D eigenvalue weighted by Crippen LogP contribution is -1.91. The average Bonchev–Trinajstić information content (AvgIpc) is 2.07. The molecule has 68 valence electrons. The molecule has 0 aliphatic rings. The Morgan fingerprint density at radius 3 is 2.85 bits per heavy atom. The summed E-state index contributed by atoms with van der Waals surface area (Å²) in [7, 11) is 0. The van der Waals surface area contributed by atoms with E-state index >= 15 is 0 Å². The third-order valence-corrected chi connectivity index (χ3v) is 1.90. The molecule has 1 aromatic rings. The Labute approximate surface area is 76.7 Å². The first kappa shape index (κ1) is 9.45. The molecule has 0 bridgehead atoms. The Balaban J connectivity index is 3.02. The molecular formula is C10H11NO2. The second-order valence-corrected chi connectivity index (χ2v) is 2.81. The number of nitrogens with zero attached hydrogens (tertiary/aromatic N) is 1. The molecule has 1 aromatic heterocycles. The Morgan fingerprint density at radius 1 is 1.54 bits per heavy atom. The first-order chi connectivity index (χ1) is 6.11. The van der Waals surface area contributed by atoms with Crippen LogP contribution in [0.5, 0.6) is 0 Å². The number of carbonyl (C=O) groups is 1. The molecule has 0 spiro atoms. The summed E-state index contributed by atoms with van der Waals surface area (Å²) in [6.07, 6.45) is 4.27. The maximum absolute atomic E-state index is 10.3. The van der Waals surface area contributed by atoms with Crippen molar-refractivity contribution in [2.24, 2.45) is 0 Å². The minimum atomic E-state index is -0.956. The molecule has 1 rings (SSSR count). The smallest absolute Gasteiger partial charge is 0.328 e. The molecule has 0 saturated carbocycles. The van der Waals surface area contributed by atoms with Crippen molar-refractivity contribution in [3.8, 4) is 0 Å². The summed E-state index contributed by atoms with van der Waals surface area (Å²) in [6, 6.07) is 1.90. The summed E-state index contributed by atoms with van der Waals surface area (Å²) in [5, 5.41) is 8.42. The molecule has 3 nitrogen and oxygen atoms in total. The van der Waals surface area contributed by atoms with Crippen LogP contribution in [0.4, 0.5) is 0 Å². The summed E-state index contributed by atoms with van der Waals surface area (Å²) in [6.45, 7) is 3.89. The van der Waals surface area contributed by atoms with Gasteiger partial charge >= 0.3 is 5.97 Å². The monoisotopic (exact) mass is 177 g/mol. The lowest BCUT2D eigenvalue weighted by molar-refractivity contribution is -0.131. The van der Waals surface area contributed by atoms with Gasteiger partial charge in [-0.3, -0.25) is 4.98 Å². The van der Waals surface area contributed by atoms with Gasteiger partial charge in [0.05, 0.1) is 5.69 Å². The van der Waals surface area contributed by atoms with Crippen LogP contribution in [0.15, 0.2) is 18.3 Å². The van der Waals surface area contributed by atoms with Gasteiger partial charge in [0.15, 0.2) is 0 Å². The van der Waals surface area contributed by atoms with Gasteiger partial charge in [-0.15, -0.1) is 0 Å². The molecule has 0 aromatic carbocycles. The zero-order valence-corrected chi connectivity index (χ0v) is 7.61. The van der Waals surface area contributed by atoms with Crippen LogP contribution in [0.1, 0.15) is 16.8 Å². The predicted molar refractivity (Wildman–Crippen MR) is 50.4 cm³/mol. The molecule has 0 fully saturated rings. The van der Waals surface area contributed by atoms with E-state index in [1.165, 1.54) is 6.08 Å². The van der Waals surface area contributed by atoms with E-state index in [9.17, 15) is 4.79 Å². The molecule has 0 radical (unpaired) electrons. The molecule has 3 heteroatoms. The van der Waals surface area contributed by atoms with Crippen LogP contribution in [0.3, 0.4) is 0 Å². The van der Waals surface area contributed by atoms with Gasteiger partial charge in [-0.2, -0.15) is 0 Å². The van der Waals surface area contributed by atoms with E-state index < -0.39 is 5.97 Å². The summed E-state index contributed by atoms with van der Waals surface area (Å²) >= 11 is 0. The number of aromatic nitrogens is 1. The van der Waals surface area contributed by atoms with Gasteiger partial charge in [-0.05, 0) is 37.1 Å². The fraction of sp³-hybridized carbons (Fsp3) is 0.200. The standard InChI is InChI=1S/C10H11NO2/c1-7-5-6-11-9(8(7)2)3-4-10(12)13/h3-6H,1-2H3,(H,12,13)/b4-3+. The van der Waals surface area contributed by atoms with Crippen molar-refractivity contribution < 1.29 is 9.90 Å². The van der Waals surface area contributed by atoms with E-state index in [0.29, 0.717) is 5.69 Å². The zero-order chi connectivity index (χ0) is 9.84. The number of carboxylic acid groups (broad SMARTS) is 1. The molecular weight excluding hydrogens is 166 g/mol. The van der Waals surface area contributed by atoms with Crippen LogP contribution in [-0.2, 0) is 4.79 Å². The fourth-order valence-corrected chi connectivity index (χ4v) is 0.971. The highest BCUT2D eigenvalue weighted by Crippen LogP contribution is 2.10. The van der Waals surface area contributed by atoms with Crippen LogP contribution in [0, 0.1) is 13.8 Å². The molecule has 0 atom stereocenters. The summed E-state index contributed by atoms with van der Waals surface area (Å²) < 4.78 is 0. The average molecular weight is 177 g/mol. The highest BCUT2D eigenvalue weighted by Gasteiger charge is 1.98. The van der Waals surface area contributed by atoms with Gasteiger partial charge in [0.2, 0.25) is 0 Å². The summed E-state index contributed by atoms with van der Waals surface area (Å²) in [5.74, 6) is -0.956. The largest absolute Gasteiger partial charge is 0.478 e. The van der Waals surface area contributed by atoms with E-state index in [4.69, 9.17) is 5.11 Å².